The van der Waals surface area contributed by atoms with Crippen molar-refractivity contribution in [1.29, 1.82) is 0 Å². The molecule has 0 bridgehead atoms. The second-order valence-corrected chi connectivity index (χ2v) is 11.3. The molecular formula is C30H26ClNO6S. The van der Waals surface area contributed by atoms with Crippen molar-refractivity contribution in [1.82, 2.24) is 0 Å². The summed E-state index contributed by atoms with van der Waals surface area (Å²) in [5, 5.41) is 22.7. The molecule has 200 valence electrons. The van der Waals surface area contributed by atoms with E-state index in [1.165, 1.54) is 24.3 Å². The zero-order chi connectivity index (χ0) is 27.7. The quantitative estimate of drug-likeness (QED) is 0.174. The zero-order valence-electron chi connectivity index (χ0n) is 20.7. The van der Waals surface area contributed by atoms with Crippen LogP contribution >= 0.6 is 11.6 Å². The van der Waals surface area contributed by atoms with Gasteiger partial charge in [0.2, 0.25) is 5.91 Å². The molecule has 3 atom stereocenters. The van der Waals surface area contributed by atoms with Gasteiger partial charge in [-0.1, -0.05) is 72.3 Å². The van der Waals surface area contributed by atoms with Crippen molar-refractivity contribution >= 4 is 33.3 Å². The predicted octanol–water partition coefficient (Wildman–Crippen LogP) is 6.18. The number of phenolic OH excluding ortho intramolecular Hbond substituents is 1. The highest BCUT2D eigenvalue weighted by atomic mass is 35.5. The Morgan fingerprint density at radius 3 is 2.18 bits per heavy atom. The van der Waals surface area contributed by atoms with E-state index in [0.717, 1.165) is 0 Å². The minimum Gasteiger partial charge on any atom is -0.507 e. The number of carbonyl (C=O) groups is 1. The lowest BCUT2D eigenvalue weighted by molar-refractivity contribution is -0.131. The van der Waals surface area contributed by atoms with Crippen molar-refractivity contribution in [3.8, 4) is 16.9 Å². The number of aliphatic hydroxyl groups is 1. The molecule has 0 unspecified atom stereocenters. The number of amides is 1. The number of halogens is 1. The van der Waals surface area contributed by atoms with Crippen LogP contribution in [0.25, 0.3) is 11.1 Å². The third kappa shape index (κ3) is 5.42. The van der Waals surface area contributed by atoms with Crippen LogP contribution in [0.1, 0.15) is 36.1 Å². The minimum absolute atomic E-state index is 0.0289. The summed E-state index contributed by atoms with van der Waals surface area (Å²) < 4.78 is 32.2. The number of hydrogen-bond acceptors (Lipinski definition) is 5. The largest absolute Gasteiger partial charge is 0.507 e. The van der Waals surface area contributed by atoms with E-state index >= 15 is 0 Å². The lowest BCUT2D eigenvalue weighted by Crippen LogP contribution is -2.55. The van der Waals surface area contributed by atoms with E-state index in [0.29, 0.717) is 45.8 Å². The molecule has 0 saturated carbocycles. The van der Waals surface area contributed by atoms with E-state index in [4.69, 9.17) is 11.6 Å². The predicted molar refractivity (Wildman–Crippen MR) is 149 cm³/mol. The number of carbonyl (C=O) groups excluding carboxylic acids is 1. The topological polar surface area (TPSA) is 115 Å². The van der Waals surface area contributed by atoms with Gasteiger partial charge in [0.25, 0.3) is 10.1 Å². The van der Waals surface area contributed by atoms with E-state index in [1.54, 1.807) is 47.4 Å². The molecule has 3 N–H and O–H groups in total. The van der Waals surface area contributed by atoms with Crippen LogP contribution in [0.15, 0.2) is 102 Å². The maximum atomic E-state index is 13.4. The molecule has 1 heterocycles. The number of nitrogens with zero attached hydrogens (tertiary/aromatic N) is 1. The van der Waals surface area contributed by atoms with Gasteiger partial charge in [0.1, 0.15) is 5.75 Å². The van der Waals surface area contributed by atoms with E-state index in [1.807, 2.05) is 30.3 Å². The average molecular weight is 564 g/mol. The van der Waals surface area contributed by atoms with E-state index in [-0.39, 0.29) is 16.6 Å². The number of β-lactam (4-membered cyclic amide) rings is 1. The van der Waals surface area contributed by atoms with Crippen molar-refractivity contribution in [2.24, 2.45) is 5.92 Å². The summed E-state index contributed by atoms with van der Waals surface area (Å²) in [7, 11) is -4.35. The molecule has 5 rings (SSSR count). The molecular weight excluding hydrogens is 538 g/mol. The van der Waals surface area contributed by atoms with Gasteiger partial charge in [0.15, 0.2) is 0 Å². The number of benzene rings is 4. The molecule has 0 aromatic heterocycles. The molecule has 1 saturated heterocycles. The molecule has 1 amide bonds. The van der Waals surface area contributed by atoms with Crippen molar-refractivity contribution in [2.45, 2.75) is 29.9 Å². The van der Waals surface area contributed by atoms with Crippen molar-refractivity contribution in [2.75, 3.05) is 4.90 Å². The first-order valence-corrected chi connectivity index (χ1v) is 14.2. The summed E-state index contributed by atoms with van der Waals surface area (Å²) in [6.07, 6.45) is -0.0410. The fraction of sp³-hybridized carbons (Fsp3) is 0.167. The molecule has 1 aliphatic heterocycles. The van der Waals surface area contributed by atoms with Crippen LogP contribution in [0.5, 0.6) is 5.75 Å². The molecule has 7 nitrogen and oxygen atoms in total. The van der Waals surface area contributed by atoms with Gasteiger partial charge in [0, 0.05) is 21.8 Å². The van der Waals surface area contributed by atoms with E-state index < -0.39 is 28.2 Å². The number of rotatable bonds is 8. The van der Waals surface area contributed by atoms with Gasteiger partial charge < -0.3 is 15.1 Å². The van der Waals surface area contributed by atoms with Gasteiger partial charge in [-0.15, -0.1) is 0 Å². The Balaban J connectivity index is 1.47. The molecule has 4 aromatic carbocycles. The highest BCUT2D eigenvalue weighted by Crippen LogP contribution is 2.50. The Kier molecular flexibility index (Phi) is 7.46. The van der Waals surface area contributed by atoms with Crippen molar-refractivity contribution in [3.63, 3.8) is 0 Å². The third-order valence-corrected chi connectivity index (χ3v) is 8.22. The maximum Gasteiger partial charge on any atom is 0.294 e. The minimum atomic E-state index is -4.35. The van der Waals surface area contributed by atoms with E-state index in [2.05, 4.69) is 0 Å². The Labute approximate surface area is 231 Å². The molecule has 1 fully saturated rings. The fourth-order valence-electron chi connectivity index (χ4n) is 5.09. The first kappa shape index (κ1) is 26.9. The molecule has 4 aromatic rings. The standard InChI is InChI=1S/C30H26ClNO6S/c31-21-13-9-20(10-14-21)27(33)18-17-26-28(32(30(26)35)22-5-2-1-3-6-22)25-8-4-7-24(29(25)34)19-11-15-23(16-12-19)39(36,37)38/h1-16,26-28,33-34H,17-18H2,(H,36,37,38)/t26-,27+,28-/m1/s1. The number of hydrogen-bond donors (Lipinski definition) is 3. The Bertz CT molecular complexity index is 1590. The number of anilines is 1. The molecule has 0 radical (unpaired) electrons. The van der Waals surface area contributed by atoms with Gasteiger partial charge >= 0.3 is 0 Å². The Morgan fingerprint density at radius 1 is 0.872 bits per heavy atom. The normalized spacial score (nSPS) is 18.0. The van der Waals surface area contributed by atoms with Gasteiger partial charge in [0.05, 0.1) is 23.0 Å². The van der Waals surface area contributed by atoms with E-state index in [9.17, 15) is 28.0 Å². The fourth-order valence-corrected chi connectivity index (χ4v) is 5.70. The van der Waals surface area contributed by atoms with Crippen LogP contribution < -0.4 is 4.90 Å². The number of aromatic hydroxyl groups is 1. The average Bonchev–Trinajstić information content (AvgIpc) is 2.92. The van der Waals surface area contributed by atoms with Crippen molar-refractivity contribution in [3.05, 3.63) is 113 Å². The summed E-state index contributed by atoms with van der Waals surface area (Å²) >= 11 is 5.96. The van der Waals surface area contributed by atoms with Crippen molar-refractivity contribution < 1.29 is 28.0 Å². The monoisotopic (exact) mass is 563 g/mol. The van der Waals surface area contributed by atoms with Gasteiger partial charge in [-0.25, -0.2) is 0 Å². The summed E-state index contributed by atoms with van der Waals surface area (Å²) in [5.74, 6) is -0.606. The molecule has 1 aliphatic rings. The first-order valence-electron chi connectivity index (χ1n) is 12.4. The molecule has 39 heavy (non-hydrogen) atoms. The van der Waals surface area contributed by atoms with Crippen LogP contribution in [-0.4, -0.2) is 29.1 Å². The van der Waals surface area contributed by atoms with Gasteiger partial charge in [-0.2, -0.15) is 8.42 Å². The summed E-state index contributed by atoms with van der Waals surface area (Å²) in [5.41, 5.74) is 2.96. The third-order valence-electron chi connectivity index (χ3n) is 7.10. The number of aliphatic hydroxyl groups excluding tert-OH is 1. The highest BCUT2D eigenvalue weighted by Gasteiger charge is 2.49. The SMILES string of the molecule is O=C1[C@H](CC[C@H](O)c2ccc(Cl)cc2)[C@@H](c2cccc(-c3ccc(S(=O)(=O)O)cc3)c2O)N1c1ccccc1. The molecule has 0 aliphatic carbocycles. The van der Waals surface area contributed by atoms with Crippen LogP contribution in [0.2, 0.25) is 5.02 Å². The smallest absolute Gasteiger partial charge is 0.294 e. The summed E-state index contributed by atoms with van der Waals surface area (Å²) in [4.78, 5) is 14.8. The van der Waals surface area contributed by atoms with Gasteiger partial charge in [-0.05, 0) is 60.4 Å². The summed E-state index contributed by atoms with van der Waals surface area (Å²) in [6.45, 7) is 0. The Hall–Kier alpha value is -3.69. The lowest BCUT2D eigenvalue weighted by atomic mass is 9.77. The summed E-state index contributed by atoms with van der Waals surface area (Å²) in [6, 6.07) is 26.4. The lowest BCUT2D eigenvalue weighted by Gasteiger charge is -2.48. The van der Waals surface area contributed by atoms with Gasteiger partial charge in [-0.3, -0.25) is 9.35 Å². The van der Waals surface area contributed by atoms with Crippen LogP contribution in [-0.2, 0) is 14.9 Å². The first-order chi connectivity index (χ1) is 18.6. The number of phenols is 1. The highest BCUT2D eigenvalue weighted by molar-refractivity contribution is 7.85. The zero-order valence-corrected chi connectivity index (χ0v) is 22.3. The Morgan fingerprint density at radius 2 is 1.54 bits per heavy atom. The number of para-hydroxylation sites is 2. The van der Waals surface area contributed by atoms with Crippen LogP contribution in [0, 0.1) is 5.92 Å². The second-order valence-electron chi connectivity index (χ2n) is 9.48. The molecule has 9 heteroatoms. The second kappa shape index (κ2) is 10.8. The molecule has 0 spiro atoms. The maximum absolute atomic E-state index is 13.4. The van der Waals surface area contributed by atoms with Crippen LogP contribution in [0.3, 0.4) is 0 Å². The van der Waals surface area contributed by atoms with Crippen LogP contribution in [0.4, 0.5) is 5.69 Å².